The van der Waals surface area contributed by atoms with Crippen LogP contribution in [0.25, 0.3) is 0 Å². The number of aromatic nitrogens is 2. The lowest BCUT2D eigenvalue weighted by Crippen LogP contribution is -2.24. The van der Waals surface area contributed by atoms with E-state index in [0.29, 0.717) is 17.7 Å². The van der Waals surface area contributed by atoms with Gasteiger partial charge in [0.25, 0.3) is 11.8 Å². The summed E-state index contributed by atoms with van der Waals surface area (Å²) in [5.74, 6) is 0.279. The van der Waals surface area contributed by atoms with Crippen molar-refractivity contribution in [1.82, 2.24) is 20.2 Å². The average molecular weight is 316 g/mol. The Labute approximate surface area is 134 Å². The third-order valence-electron chi connectivity index (χ3n) is 3.23. The first kappa shape index (κ1) is 16.7. The van der Waals surface area contributed by atoms with Crippen molar-refractivity contribution in [3.05, 3.63) is 47.4 Å². The Morgan fingerprint density at radius 2 is 2.09 bits per heavy atom. The number of hydrogen-bond acceptors (Lipinski definition) is 5. The molecule has 2 rings (SSSR count). The Morgan fingerprint density at radius 1 is 1.30 bits per heavy atom. The molecule has 0 aliphatic carbocycles. The van der Waals surface area contributed by atoms with Crippen LogP contribution in [0.1, 0.15) is 45.7 Å². The third-order valence-corrected chi connectivity index (χ3v) is 3.23. The Balaban J connectivity index is 2.01. The standard InChI is InChI=1S/C16H20N4O3/c1-4-5-13-12(9-17-10-19-13)15(21)18-8-11-6-7-14(23-11)16(22)20(2)3/h6-7,9-10H,4-5,8H2,1-3H3,(H,18,21). The second-order valence-corrected chi connectivity index (χ2v) is 5.28. The van der Waals surface area contributed by atoms with Crippen molar-refractivity contribution in [2.24, 2.45) is 0 Å². The number of rotatable bonds is 6. The van der Waals surface area contributed by atoms with Crippen molar-refractivity contribution in [2.75, 3.05) is 14.1 Å². The van der Waals surface area contributed by atoms with Gasteiger partial charge in [-0.3, -0.25) is 9.59 Å². The van der Waals surface area contributed by atoms with Crippen molar-refractivity contribution in [3.8, 4) is 0 Å². The summed E-state index contributed by atoms with van der Waals surface area (Å²) >= 11 is 0. The second-order valence-electron chi connectivity index (χ2n) is 5.28. The zero-order valence-electron chi connectivity index (χ0n) is 13.5. The molecule has 23 heavy (non-hydrogen) atoms. The van der Waals surface area contributed by atoms with Gasteiger partial charge in [0.05, 0.1) is 17.8 Å². The summed E-state index contributed by atoms with van der Waals surface area (Å²) in [6.45, 7) is 2.22. The summed E-state index contributed by atoms with van der Waals surface area (Å²) in [6, 6.07) is 3.27. The van der Waals surface area contributed by atoms with Gasteiger partial charge in [0.2, 0.25) is 0 Å². The molecule has 0 unspecified atom stereocenters. The monoisotopic (exact) mass is 316 g/mol. The maximum Gasteiger partial charge on any atom is 0.289 e. The molecule has 0 saturated heterocycles. The highest BCUT2D eigenvalue weighted by Gasteiger charge is 2.15. The Kier molecular flexibility index (Phi) is 5.46. The quantitative estimate of drug-likeness (QED) is 0.875. The van der Waals surface area contributed by atoms with Crippen LogP contribution in [0.15, 0.2) is 29.1 Å². The van der Waals surface area contributed by atoms with E-state index in [1.165, 1.54) is 17.4 Å². The molecule has 0 aliphatic rings. The lowest BCUT2D eigenvalue weighted by Gasteiger charge is -2.08. The smallest absolute Gasteiger partial charge is 0.289 e. The molecule has 2 heterocycles. The van der Waals surface area contributed by atoms with Crippen LogP contribution in [-0.2, 0) is 13.0 Å². The zero-order chi connectivity index (χ0) is 16.8. The van der Waals surface area contributed by atoms with Crippen LogP contribution >= 0.6 is 0 Å². The van der Waals surface area contributed by atoms with Crippen LogP contribution in [0.2, 0.25) is 0 Å². The van der Waals surface area contributed by atoms with Crippen molar-refractivity contribution in [1.29, 1.82) is 0 Å². The number of nitrogens with one attached hydrogen (secondary N) is 1. The second kappa shape index (κ2) is 7.53. The summed E-state index contributed by atoms with van der Waals surface area (Å²) < 4.78 is 5.43. The molecular weight excluding hydrogens is 296 g/mol. The van der Waals surface area contributed by atoms with Gasteiger partial charge in [-0.2, -0.15) is 0 Å². The first-order valence-corrected chi connectivity index (χ1v) is 7.40. The molecule has 7 nitrogen and oxygen atoms in total. The van der Waals surface area contributed by atoms with Crippen molar-refractivity contribution >= 4 is 11.8 Å². The van der Waals surface area contributed by atoms with Crippen molar-refractivity contribution in [3.63, 3.8) is 0 Å². The highest BCUT2D eigenvalue weighted by atomic mass is 16.4. The van der Waals surface area contributed by atoms with Crippen LogP contribution in [0.5, 0.6) is 0 Å². The highest BCUT2D eigenvalue weighted by molar-refractivity contribution is 5.95. The molecule has 0 radical (unpaired) electrons. The fourth-order valence-corrected chi connectivity index (χ4v) is 2.05. The minimum absolute atomic E-state index is 0.194. The van der Waals surface area contributed by atoms with Gasteiger partial charge in [0, 0.05) is 20.3 Å². The maximum absolute atomic E-state index is 12.3. The normalized spacial score (nSPS) is 10.4. The van der Waals surface area contributed by atoms with Crippen molar-refractivity contribution in [2.45, 2.75) is 26.3 Å². The Morgan fingerprint density at radius 3 is 2.78 bits per heavy atom. The number of carbonyl (C=O) groups is 2. The predicted molar refractivity (Wildman–Crippen MR) is 83.9 cm³/mol. The molecule has 1 N–H and O–H groups in total. The van der Waals surface area contributed by atoms with Crippen LogP contribution in [0, 0.1) is 0 Å². The fraction of sp³-hybridized carbons (Fsp3) is 0.375. The molecule has 0 bridgehead atoms. The lowest BCUT2D eigenvalue weighted by atomic mass is 10.1. The minimum atomic E-state index is -0.258. The summed E-state index contributed by atoms with van der Waals surface area (Å²) in [6.07, 6.45) is 4.56. The molecule has 0 aliphatic heterocycles. The number of nitrogens with zero attached hydrogens (tertiary/aromatic N) is 3. The van der Waals surface area contributed by atoms with E-state index in [9.17, 15) is 9.59 Å². The van der Waals surface area contributed by atoms with Gasteiger partial charge in [0.1, 0.15) is 12.1 Å². The van der Waals surface area contributed by atoms with E-state index in [0.717, 1.165) is 12.1 Å². The number of carbonyl (C=O) groups excluding carboxylic acids is 2. The number of amides is 2. The van der Waals surface area contributed by atoms with Gasteiger partial charge >= 0.3 is 0 Å². The van der Waals surface area contributed by atoms with E-state index in [1.54, 1.807) is 26.2 Å². The topological polar surface area (TPSA) is 88.3 Å². The third kappa shape index (κ3) is 4.15. The van der Waals surface area contributed by atoms with E-state index >= 15 is 0 Å². The van der Waals surface area contributed by atoms with Gasteiger partial charge < -0.3 is 14.6 Å². The van der Waals surface area contributed by atoms with E-state index < -0.39 is 0 Å². The number of aryl methyl sites for hydroxylation is 1. The SMILES string of the molecule is CCCc1ncncc1C(=O)NCc1ccc(C(=O)N(C)C)o1. The van der Waals surface area contributed by atoms with E-state index in [1.807, 2.05) is 6.92 Å². The molecule has 0 saturated carbocycles. The maximum atomic E-state index is 12.3. The van der Waals surface area contributed by atoms with Crippen LogP contribution in [0.3, 0.4) is 0 Å². The minimum Gasteiger partial charge on any atom is -0.454 e. The van der Waals surface area contributed by atoms with Crippen molar-refractivity contribution < 1.29 is 14.0 Å². The van der Waals surface area contributed by atoms with Crippen LogP contribution < -0.4 is 5.32 Å². The first-order chi connectivity index (χ1) is 11.0. The molecule has 0 atom stereocenters. The van der Waals surface area contributed by atoms with Gasteiger partial charge in [-0.15, -0.1) is 0 Å². The predicted octanol–water partition coefficient (Wildman–Crippen LogP) is 1.65. The zero-order valence-corrected chi connectivity index (χ0v) is 13.5. The fourth-order valence-electron chi connectivity index (χ4n) is 2.05. The molecule has 0 aromatic carbocycles. The summed E-state index contributed by atoms with van der Waals surface area (Å²) in [4.78, 5) is 33.5. The van der Waals surface area contributed by atoms with Gasteiger partial charge in [-0.05, 0) is 18.6 Å². The van der Waals surface area contributed by atoms with E-state index in [2.05, 4.69) is 15.3 Å². The summed E-state index contributed by atoms with van der Waals surface area (Å²) in [5, 5.41) is 2.76. The number of hydrogen-bond donors (Lipinski definition) is 1. The Hall–Kier alpha value is -2.70. The average Bonchev–Trinajstić information content (AvgIpc) is 3.01. The molecule has 122 valence electrons. The number of furan rings is 1. The summed E-state index contributed by atoms with van der Waals surface area (Å²) in [5.41, 5.74) is 1.19. The van der Waals surface area contributed by atoms with Crippen LogP contribution in [-0.4, -0.2) is 40.8 Å². The molecule has 2 aromatic heterocycles. The van der Waals surface area contributed by atoms with Gasteiger partial charge in [-0.1, -0.05) is 13.3 Å². The highest BCUT2D eigenvalue weighted by Crippen LogP contribution is 2.11. The van der Waals surface area contributed by atoms with Gasteiger partial charge in [-0.25, -0.2) is 9.97 Å². The Bertz CT molecular complexity index is 694. The molecule has 0 fully saturated rings. The van der Waals surface area contributed by atoms with Gasteiger partial charge in [0.15, 0.2) is 5.76 Å². The molecule has 0 spiro atoms. The summed E-state index contributed by atoms with van der Waals surface area (Å²) in [7, 11) is 3.30. The largest absolute Gasteiger partial charge is 0.454 e. The van der Waals surface area contributed by atoms with Crippen LogP contribution in [0.4, 0.5) is 0 Å². The lowest BCUT2D eigenvalue weighted by molar-refractivity contribution is 0.0794. The molecular formula is C16H20N4O3. The molecule has 7 heteroatoms. The molecule has 2 aromatic rings. The van der Waals surface area contributed by atoms with E-state index in [-0.39, 0.29) is 24.1 Å². The first-order valence-electron chi connectivity index (χ1n) is 7.40. The molecule has 2 amide bonds. The van der Waals surface area contributed by atoms with E-state index in [4.69, 9.17) is 4.42 Å².